The number of methoxy groups -OCH3 is 1. The van der Waals surface area contributed by atoms with E-state index in [2.05, 4.69) is 0 Å². The molecule has 15 heavy (non-hydrogen) atoms. The Balaban J connectivity index is 3.16. The quantitative estimate of drug-likeness (QED) is 0.820. The Bertz CT molecular complexity index is 368. The first kappa shape index (κ1) is 11.8. The molecule has 0 aliphatic heterocycles. The molecular weight excluding hydrogens is 218 g/mol. The van der Waals surface area contributed by atoms with Crippen molar-refractivity contribution in [1.29, 1.82) is 0 Å². The first-order valence-corrected chi connectivity index (χ1v) is 4.74. The Kier molecular flexibility index (Phi) is 3.94. The highest BCUT2D eigenvalue weighted by molar-refractivity contribution is 6.30. The second kappa shape index (κ2) is 5.00. The van der Waals surface area contributed by atoms with Crippen molar-refractivity contribution >= 4 is 17.6 Å². The molecule has 0 amide bonds. The first-order chi connectivity index (χ1) is 7.10. The number of halogens is 1. The molecule has 0 heterocycles. The number of ether oxygens (including phenoxy) is 1. The number of nitrogens with two attached hydrogens (primary N) is 1. The Labute approximate surface area is 92.6 Å². The maximum absolute atomic E-state index is 10.9. The molecule has 3 N–H and O–H groups in total. The van der Waals surface area contributed by atoms with Crippen LogP contribution in [-0.4, -0.2) is 24.7 Å². The van der Waals surface area contributed by atoms with Gasteiger partial charge >= 0.3 is 5.97 Å². The van der Waals surface area contributed by atoms with E-state index < -0.39 is 11.9 Å². The molecule has 5 heteroatoms. The van der Waals surface area contributed by atoms with Crippen LogP contribution in [0.15, 0.2) is 18.2 Å². The van der Waals surface area contributed by atoms with Crippen molar-refractivity contribution in [3.8, 4) is 5.75 Å². The predicted octanol–water partition coefficient (Wildman–Crippen LogP) is 1.48. The number of carboxylic acids is 1. The van der Waals surface area contributed by atoms with Crippen LogP contribution in [0, 0.1) is 0 Å². The minimum atomic E-state index is -0.974. The van der Waals surface area contributed by atoms with Crippen molar-refractivity contribution in [2.24, 2.45) is 5.73 Å². The lowest BCUT2D eigenvalue weighted by atomic mass is 9.98. The Morgan fingerprint density at radius 1 is 1.67 bits per heavy atom. The molecule has 0 radical (unpaired) electrons. The monoisotopic (exact) mass is 229 g/mol. The van der Waals surface area contributed by atoms with Gasteiger partial charge in [0, 0.05) is 17.1 Å². The van der Waals surface area contributed by atoms with Gasteiger partial charge in [-0.3, -0.25) is 4.79 Å². The molecule has 1 aromatic rings. The summed E-state index contributed by atoms with van der Waals surface area (Å²) < 4.78 is 5.06. The molecule has 0 spiro atoms. The largest absolute Gasteiger partial charge is 0.496 e. The van der Waals surface area contributed by atoms with Crippen molar-refractivity contribution in [1.82, 2.24) is 0 Å². The summed E-state index contributed by atoms with van der Waals surface area (Å²) in [4.78, 5) is 10.9. The fourth-order valence-corrected chi connectivity index (χ4v) is 1.50. The fourth-order valence-electron chi connectivity index (χ4n) is 1.33. The summed E-state index contributed by atoms with van der Waals surface area (Å²) in [7, 11) is 1.46. The van der Waals surface area contributed by atoms with Crippen molar-refractivity contribution in [3.63, 3.8) is 0 Å². The Hall–Kier alpha value is -1.26. The molecule has 4 nitrogen and oxygen atoms in total. The van der Waals surface area contributed by atoms with E-state index in [1.807, 2.05) is 0 Å². The maximum Gasteiger partial charge on any atom is 0.312 e. The highest BCUT2D eigenvalue weighted by atomic mass is 35.5. The van der Waals surface area contributed by atoms with Crippen LogP contribution < -0.4 is 10.5 Å². The van der Waals surface area contributed by atoms with E-state index in [9.17, 15) is 4.79 Å². The zero-order valence-electron chi connectivity index (χ0n) is 8.24. The average molecular weight is 230 g/mol. The third-order valence-corrected chi connectivity index (χ3v) is 2.34. The molecule has 0 saturated heterocycles. The molecule has 0 saturated carbocycles. The van der Waals surface area contributed by atoms with Crippen LogP contribution in [0.1, 0.15) is 11.5 Å². The number of hydrogen-bond donors (Lipinski definition) is 2. The third-order valence-electron chi connectivity index (χ3n) is 2.10. The zero-order valence-corrected chi connectivity index (χ0v) is 8.99. The van der Waals surface area contributed by atoms with E-state index >= 15 is 0 Å². The summed E-state index contributed by atoms with van der Waals surface area (Å²) >= 11 is 5.76. The topological polar surface area (TPSA) is 72.5 Å². The van der Waals surface area contributed by atoms with Crippen molar-refractivity contribution in [2.45, 2.75) is 5.92 Å². The van der Waals surface area contributed by atoms with Crippen LogP contribution in [0.25, 0.3) is 0 Å². The van der Waals surface area contributed by atoms with Crippen LogP contribution in [0.3, 0.4) is 0 Å². The Morgan fingerprint density at radius 2 is 2.33 bits per heavy atom. The number of benzene rings is 1. The molecule has 1 rings (SSSR count). The number of carboxylic acid groups (broad SMARTS) is 1. The van der Waals surface area contributed by atoms with Gasteiger partial charge in [-0.1, -0.05) is 17.7 Å². The summed E-state index contributed by atoms with van der Waals surface area (Å²) in [5.74, 6) is -1.30. The maximum atomic E-state index is 10.9. The van der Waals surface area contributed by atoms with Crippen LogP contribution in [0.2, 0.25) is 5.02 Å². The number of carbonyl (C=O) groups is 1. The molecular formula is C10H12ClNO3. The van der Waals surface area contributed by atoms with Gasteiger partial charge in [0.25, 0.3) is 0 Å². The van der Waals surface area contributed by atoms with Gasteiger partial charge in [0.1, 0.15) is 5.75 Å². The summed E-state index contributed by atoms with van der Waals surface area (Å²) in [6.07, 6.45) is 0. The third kappa shape index (κ3) is 2.61. The molecule has 1 atom stereocenters. The smallest absolute Gasteiger partial charge is 0.312 e. The molecule has 1 unspecified atom stereocenters. The summed E-state index contributed by atoms with van der Waals surface area (Å²) in [5.41, 5.74) is 5.94. The van der Waals surface area contributed by atoms with E-state index in [1.165, 1.54) is 7.11 Å². The molecule has 0 aliphatic carbocycles. The number of rotatable bonds is 4. The Morgan fingerprint density at radius 3 is 2.80 bits per heavy atom. The second-order valence-electron chi connectivity index (χ2n) is 3.01. The summed E-state index contributed by atoms with van der Waals surface area (Å²) in [6, 6.07) is 4.81. The van der Waals surface area contributed by atoms with Crippen LogP contribution in [0.4, 0.5) is 0 Å². The summed E-state index contributed by atoms with van der Waals surface area (Å²) in [6.45, 7) is 0.0212. The van der Waals surface area contributed by atoms with Gasteiger partial charge in [-0.05, 0) is 12.1 Å². The van der Waals surface area contributed by atoms with E-state index in [1.54, 1.807) is 18.2 Å². The standard InChI is InChI=1S/C10H12ClNO3/c1-15-9-4-6(11)2-3-7(9)8(5-12)10(13)14/h2-4,8H,5,12H2,1H3,(H,13,14). The molecule has 0 aliphatic rings. The lowest BCUT2D eigenvalue weighted by Gasteiger charge is -2.14. The first-order valence-electron chi connectivity index (χ1n) is 4.36. The normalized spacial score (nSPS) is 12.2. The van der Waals surface area contributed by atoms with Crippen LogP contribution >= 0.6 is 11.6 Å². The van der Waals surface area contributed by atoms with Gasteiger partial charge in [-0.2, -0.15) is 0 Å². The number of aliphatic carboxylic acids is 1. The average Bonchev–Trinajstić information content (AvgIpc) is 2.20. The van der Waals surface area contributed by atoms with Crippen LogP contribution in [0.5, 0.6) is 5.75 Å². The molecule has 0 fully saturated rings. The van der Waals surface area contributed by atoms with Crippen LogP contribution in [-0.2, 0) is 4.79 Å². The predicted molar refractivity (Wildman–Crippen MR) is 57.4 cm³/mol. The van der Waals surface area contributed by atoms with Gasteiger partial charge in [0.2, 0.25) is 0 Å². The second-order valence-corrected chi connectivity index (χ2v) is 3.45. The molecule has 1 aromatic carbocycles. The van der Waals surface area contributed by atoms with Crippen molar-refractivity contribution < 1.29 is 14.6 Å². The number of hydrogen-bond acceptors (Lipinski definition) is 3. The van der Waals surface area contributed by atoms with Gasteiger partial charge in [-0.15, -0.1) is 0 Å². The zero-order chi connectivity index (χ0) is 11.4. The van der Waals surface area contributed by atoms with Gasteiger partial charge in [-0.25, -0.2) is 0 Å². The summed E-state index contributed by atoms with van der Waals surface area (Å²) in [5, 5.41) is 9.44. The van der Waals surface area contributed by atoms with Crippen molar-refractivity contribution in [3.05, 3.63) is 28.8 Å². The SMILES string of the molecule is COc1cc(Cl)ccc1C(CN)C(=O)O. The van der Waals surface area contributed by atoms with E-state index in [4.69, 9.17) is 27.2 Å². The highest BCUT2D eigenvalue weighted by Gasteiger charge is 2.21. The van der Waals surface area contributed by atoms with E-state index in [0.29, 0.717) is 16.3 Å². The van der Waals surface area contributed by atoms with Gasteiger partial charge in [0.05, 0.1) is 13.0 Å². The van der Waals surface area contributed by atoms with E-state index in [0.717, 1.165) is 0 Å². The highest BCUT2D eigenvalue weighted by Crippen LogP contribution is 2.29. The van der Waals surface area contributed by atoms with E-state index in [-0.39, 0.29) is 6.54 Å². The molecule has 0 aromatic heterocycles. The molecule has 82 valence electrons. The molecule has 0 bridgehead atoms. The lowest BCUT2D eigenvalue weighted by molar-refractivity contribution is -0.138. The van der Waals surface area contributed by atoms with Crippen molar-refractivity contribution in [2.75, 3.05) is 13.7 Å². The fraction of sp³-hybridized carbons (Fsp3) is 0.300. The minimum absolute atomic E-state index is 0.0212. The minimum Gasteiger partial charge on any atom is -0.496 e. The van der Waals surface area contributed by atoms with Gasteiger partial charge < -0.3 is 15.6 Å². The van der Waals surface area contributed by atoms with Gasteiger partial charge in [0.15, 0.2) is 0 Å². The lowest BCUT2D eigenvalue weighted by Crippen LogP contribution is -2.21.